The molecule has 30 heavy (non-hydrogen) atoms. The van der Waals surface area contributed by atoms with E-state index < -0.39 is 17.8 Å². The molecule has 1 atom stereocenters. The number of hydrogen-bond acceptors (Lipinski definition) is 4. The van der Waals surface area contributed by atoms with Crippen LogP contribution < -0.4 is 16.8 Å². The molecule has 0 aromatic heterocycles. The Balaban J connectivity index is 2.39. The van der Waals surface area contributed by atoms with Crippen LogP contribution in [-0.2, 0) is 10.9 Å². The maximum absolute atomic E-state index is 13.0. The van der Waals surface area contributed by atoms with Crippen LogP contribution >= 0.6 is 0 Å². The van der Waals surface area contributed by atoms with Gasteiger partial charge in [0.05, 0.1) is 18.2 Å². The molecular formula is C23H28F3N3O. The number of anilines is 2. The second-order valence-corrected chi connectivity index (χ2v) is 7.01. The second-order valence-electron chi connectivity index (χ2n) is 7.01. The lowest BCUT2D eigenvalue weighted by atomic mass is 9.96. The van der Waals surface area contributed by atoms with Crippen LogP contribution in [0.15, 0.2) is 72.1 Å². The Labute approximate surface area is 175 Å². The van der Waals surface area contributed by atoms with Crippen molar-refractivity contribution in [2.45, 2.75) is 38.9 Å². The Morgan fingerprint density at radius 3 is 2.43 bits per heavy atom. The van der Waals surface area contributed by atoms with E-state index in [0.29, 0.717) is 35.0 Å². The Kier molecular flexibility index (Phi) is 7.94. The van der Waals surface area contributed by atoms with Gasteiger partial charge < -0.3 is 21.5 Å². The summed E-state index contributed by atoms with van der Waals surface area (Å²) in [6.45, 7) is 8.26. The molecule has 0 unspecified atom stereocenters. The van der Waals surface area contributed by atoms with E-state index in [4.69, 9.17) is 16.2 Å². The molecule has 5 N–H and O–H groups in total. The highest BCUT2D eigenvalue weighted by Gasteiger charge is 2.30. The molecule has 0 amide bonds. The summed E-state index contributed by atoms with van der Waals surface area (Å²) in [4.78, 5) is 0. The zero-order chi connectivity index (χ0) is 22.3. The fraction of sp³-hybridized carbons (Fsp3) is 0.304. The van der Waals surface area contributed by atoms with Gasteiger partial charge in [0, 0.05) is 22.6 Å². The molecule has 0 aliphatic rings. The highest BCUT2D eigenvalue weighted by molar-refractivity contribution is 5.54. The minimum Gasteiger partial charge on any atom is -0.494 e. The van der Waals surface area contributed by atoms with E-state index in [1.165, 1.54) is 6.07 Å². The lowest BCUT2D eigenvalue weighted by Gasteiger charge is -2.23. The number of nitrogens with one attached hydrogen (secondary N) is 1. The Hall–Kier alpha value is -2.93. The van der Waals surface area contributed by atoms with Gasteiger partial charge in [0.25, 0.3) is 0 Å². The topological polar surface area (TPSA) is 73.3 Å². The first-order chi connectivity index (χ1) is 14.1. The molecule has 0 radical (unpaired) electrons. The van der Waals surface area contributed by atoms with Crippen molar-refractivity contribution in [1.29, 1.82) is 0 Å². The summed E-state index contributed by atoms with van der Waals surface area (Å²) < 4.78 is 44.9. The maximum Gasteiger partial charge on any atom is 0.416 e. The van der Waals surface area contributed by atoms with Gasteiger partial charge in [-0.25, -0.2) is 0 Å². The minimum absolute atomic E-state index is 0.297. The number of alkyl halides is 3. The van der Waals surface area contributed by atoms with Crippen molar-refractivity contribution < 1.29 is 17.9 Å². The summed E-state index contributed by atoms with van der Waals surface area (Å²) in [7, 11) is 0. The summed E-state index contributed by atoms with van der Waals surface area (Å²) in [6.07, 6.45) is -2.62. The van der Waals surface area contributed by atoms with Crippen LogP contribution in [0.2, 0.25) is 0 Å². The molecular weight excluding hydrogens is 391 g/mol. The lowest BCUT2D eigenvalue weighted by Crippen LogP contribution is -2.19. The number of nitrogens with two attached hydrogens (primary N) is 2. The molecule has 0 fully saturated rings. The molecule has 0 bridgehead atoms. The van der Waals surface area contributed by atoms with Gasteiger partial charge >= 0.3 is 6.18 Å². The third-order valence-electron chi connectivity index (χ3n) is 4.61. The van der Waals surface area contributed by atoms with Gasteiger partial charge in [-0.2, -0.15) is 13.2 Å². The van der Waals surface area contributed by atoms with E-state index in [-0.39, 0.29) is 0 Å². The predicted molar refractivity (Wildman–Crippen MR) is 116 cm³/mol. The molecule has 2 rings (SSSR count). The highest BCUT2D eigenvalue weighted by atomic mass is 19.4. The number of ether oxygens (including phenoxy) is 1. The number of unbranched alkanes of at least 4 members (excludes halogenated alkanes) is 1. The molecule has 0 saturated carbocycles. The molecule has 0 spiro atoms. The van der Waals surface area contributed by atoms with Gasteiger partial charge in [-0.05, 0) is 49.2 Å². The van der Waals surface area contributed by atoms with E-state index in [9.17, 15) is 13.2 Å². The molecule has 2 aromatic rings. The smallest absolute Gasteiger partial charge is 0.416 e. The van der Waals surface area contributed by atoms with Crippen molar-refractivity contribution in [3.8, 4) is 0 Å². The van der Waals surface area contributed by atoms with E-state index >= 15 is 0 Å². The van der Waals surface area contributed by atoms with Crippen molar-refractivity contribution >= 4 is 11.4 Å². The fourth-order valence-electron chi connectivity index (χ4n) is 2.96. The quantitative estimate of drug-likeness (QED) is 0.202. The largest absolute Gasteiger partial charge is 0.494 e. The minimum atomic E-state index is -4.43. The van der Waals surface area contributed by atoms with Crippen molar-refractivity contribution in [3.63, 3.8) is 0 Å². The van der Waals surface area contributed by atoms with Crippen LogP contribution in [0.5, 0.6) is 0 Å². The van der Waals surface area contributed by atoms with E-state index in [1.54, 1.807) is 37.3 Å². The molecule has 0 saturated heterocycles. The zero-order valence-electron chi connectivity index (χ0n) is 17.2. The number of hydrogen-bond donors (Lipinski definition) is 3. The Morgan fingerprint density at radius 2 is 1.83 bits per heavy atom. The van der Waals surface area contributed by atoms with Crippen LogP contribution in [-0.4, -0.2) is 6.61 Å². The van der Waals surface area contributed by atoms with Crippen molar-refractivity contribution in [2.24, 2.45) is 5.73 Å². The molecule has 4 nitrogen and oxygen atoms in total. The normalized spacial score (nSPS) is 13.4. The number of allylic oxidation sites excluding steroid dienone is 1. The first-order valence-corrected chi connectivity index (χ1v) is 9.71. The van der Waals surface area contributed by atoms with Crippen LogP contribution in [0.3, 0.4) is 0 Å². The van der Waals surface area contributed by atoms with Gasteiger partial charge in [0.1, 0.15) is 5.76 Å². The molecule has 162 valence electrons. The van der Waals surface area contributed by atoms with Crippen molar-refractivity contribution in [2.75, 3.05) is 17.7 Å². The summed E-state index contributed by atoms with van der Waals surface area (Å²) >= 11 is 0. The molecule has 0 aliphatic heterocycles. The summed E-state index contributed by atoms with van der Waals surface area (Å²) in [5.41, 5.74) is 14.3. The third-order valence-corrected chi connectivity index (χ3v) is 4.61. The van der Waals surface area contributed by atoms with Crippen molar-refractivity contribution in [3.05, 3.63) is 83.3 Å². The predicted octanol–water partition coefficient (Wildman–Crippen LogP) is 6.00. The van der Waals surface area contributed by atoms with Gasteiger partial charge in [-0.3, -0.25) is 0 Å². The monoisotopic (exact) mass is 419 g/mol. The number of halogens is 3. The van der Waals surface area contributed by atoms with Gasteiger partial charge in [0.2, 0.25) is 0 Å². The number of benzene rings is 2. The molecule has 0 aliphatic carbocycles. The fourth-order valence-corrected chi connectivity index (χ4v) is 2.96. The first kappa shape index (κ1) is 23.3. The number of rotatable bonds is 9. The average Bonchev–Trinajstić information content (AvgIpc) is 2.68. The Bertz CT molecular complexity index is 889. The lowest BCUT2D eigenvalue weighted by molar-refractivity contribution is -0.137. The standard InChI is InChI=1S/C23H28F3N3O/c1-4-5-13-30-16(3)21(22(28)17-9-11-19(27)12-10-17)15(2)29-20-8-6-7-18(14-20)23(24,25)26/h6-12,14,22,29H,3-5,13,27-28H2,1-2H3/b21-15-/t22-/m1/s1. The summed E-state index contributed by atoms with van der Waals surface area (Å²) in [6, 6.07) is 11.5. The van der Waals surface area contributed by atoms with E-state index in [2.05, 4.69) is 11.9 Å². The van der Waals surface area contributed by atoms with E-state index in [0.717, 1.165) is 30.5 Å². The van der Waals surface area contributed by atoms with Gasteiger partial charge in [-0.1, -0.05) is 38.1 Å². The average molecular weight is 419 g/mol. The van der Waals surface area contributed by atoms with Crippen LogP contribution in [0, 0.1) is 0 Å². The Morgan fingerprint density at radius 1 is 1.17 bits per heavy atom. The van der Waals surface area contributed by atoms with E-state index in [1.807, 2.05) is 6.92 Å². The molecule has 7 heteroatoms. The third kappa shape index (κ3) is 6.29. The van der Waals surface area contributed by atoms with Crippen LogP contribution in [0.25, 0.3) is 0 Å². The summed E-state index contributed by atoms with van der Waals surface area (Å²) in [5, 5.41) is 3.02. The molecule has 0 heterocycles. The highest BCUT2D eigenvalue weighted by Crippen LogP contribution is 2.33. The van der Waals surface area contributed by atoms with Crippen molar-refractivity contribution in [1.82, 2.24) is 0 Å². The molecule has 2 aromatic carbocycles. The first-order valence-electron chi connectivity index (χ1n) is 9.71. The maximum atomic E-state index is 13.0. The van der Waals surface area contributed by atoms with Gasteiger partial charge in [0.15, 0.2) is 0 Å². The summed E-state index contributed by atoms with van der Waals surface area (Å²) in [5.74, 6) is 0.379. The number of nitrogen functional groups attached to an aromatic ring is 1. The second kappa shape index (κ2) is 10.2. The SMILES string of the molecule is C=C(OCCCC)/C(=C(\C)Nc1cccc(C(F)(F)F)c1)[C@H](N)c1ccc(N)cc1. The van der Waals surface area contributed by atoms with Gasteiger partial charge in [-0.15, -0.1) is 0 Å². The van der Waals surface area contributed by atoms with Crippen LogP contribution in [0.4, 0.5) is 24.5 Å². The zero-order valence-corrected chi connectivity index (χ0v) is 17.2. The van der Waals surface area contributed by atoms with Crippen LogP contribution in [0.1, 0.15) is 43.9 Å².